The smallest absolute Gasteiger partial charge is 0.303 e. The van der Waals surface area contributed by atoms with Crippen LogP contribution in [0.4, 0.5) is 5.82 Å². The van der Waals surface area contributed by atoms with Crippen LogP contribution in [-0.4, -0.2) is 125 Å². The van der Waals surface area contributed by atoms with E-state index in [9.17, 15) is 23.4 Å². The van der Waals surface area contributed by atoms with Crippen LogP contribution in [0.1, 0.15) is 44.8 Å². The summed E-state index contributed by atoms with van der Waals surface area (Å²) in [7, 11) is -4.29. The summed E-state index contributed by atoms with van der Waals surface area (Å²) < 4.78 is 48.2. The van der Waals surface area contributed by atoms with Crippen molar-refractivity contribution in [1.82, 2.24) is 33.9 Å². The molecule has 0 radical (unpaired) electrons. The van der Waals surface area contributed by atoms with Crippen molar-refractivity contribution in [2.24, 2.45) is 5.73 Å². The molecule has 2 aromatic rings. The number of hydrogen-bond donors (Lipinski definition) is 6. The highest BCUT2D eigenvalue weighted by atomic mass is 32.2. The number of carbonyl (C=O) groups excluding carboxylic acids is 1. The molecule has 0 spiro atoms. The summed E-state index contributed by atoms with van der Waals surface area (Å²) in [4.78, 5) is 24.9. The number of aliphatic hydroxyl groups is 2. The Hall–Kier alpha value is -2.55. The summed E-state index contributed by atoms with van der Waals surface area (Å²) in [5.74, 6) is -0.496. The third-order valence-electron chi connectivity index (χ3n) is 7.41. The highest BCUT2D eigenvalue weighted by Gasteiger charge is 2.46. The van der Waals surface area contributed by atoms with Gasteiger partial charge >= 0.3 is 10.2 Å². The molecule has 5 atom stereocenters. The first-order valence-electron chi connectivity index (χ1n) is 14.6. The standard InChI is InChI=1S/C25H43N9O8S/c26-7-11-41-13-12-40-10-4-2-1-3-9-33(43(38,39)32-24(37)17-6-5-8-28-17)14-18-20(35)21(36)25(42-18)34-16-31-19-22(27)29-15-30-23(19)34/h15-18,20-21,25,28,35-36H,1-14,26H2,(H,32,37)(H2,27,29,30)/t17-,18+,20+,21+,25+/m0/s1. The first kappa shape index (κ1) is 33.3. The minimum Gasteiger partial charge on any atom is -0.387 e. The third-order valence-corrected chi connectivity index (χ3v) is 8.88. The van der Waals surface area contributed by atoms with Gasteiger partial charge in [-0.05, 0) is 32.2 Å². The van der Waals surface area contributed by atoms with E-state index in [0.29, 0.717) is 64.3 Å². The number of ether oxygens (including phenoxy) is 3. The molecule has 242 valence electrons. The van der Waals surface area contributed by atoms with Crippen molar-refractivity contribution in [2.45, 2.75) is 69.1 Å². The topological polar surface area (TPSA) is 242 Å². The molecule has 0 unspecified atom stereocenters. The van der Waals surface area contributed by atoms with E-state index in [1.165, 1.54) is 17.2 Å². The summed E-state index contributed by atoms with van der Waals surface area (Å²) in [6.45, 7) is 2.88. The molecular weight excluding hydrogens is 586 g/mol. The molecular formula is C25H43N9O8S. The van der Waals surface area contributed by atoms with Crippen molar-refractivity contribution >= 4 is 33.1 Å². The molecule has 4 heterocycles. The second kappa shape index (κ2) is 16.0. The van der Waals surface area contributed by atoms with Gasteiger partial charge in [0.05, 0.1) is 32.2 Å². The summed E-state index contributed by atoms with van der Waals surface area (Å²) in [6, 6.07) is -0.596. The van der Waals surface area contributed by atoms with E-state index in [-0.39, 0.29) is 24.6 Å². The Morgan fingerprint density at radius 2 is 1.88 bits per heavy atom. The fourth-order valence-electron chi connectivity index (χ4n) is 5.10. The van der Waals surface area contributed by atoms with Crippen LogP contribution in [0, 0.1) is 0 Å². The lowest BCUT2D eigenvalue weighted by molar-refractivity contribution is -0.121. The summed E-state index contributed by atoms with van der Waals surface area (Å²) in [5, 5.41) is 24.7. The Labute approximate surface area is 250 Å². The van der Waals surface area contributed by atoms with E-state index in [1.807, 2.05) is 0 Å². The molecule has 2 fully saturated rings. The Morgan fingerprint density at radius 1 is 1.12 bits per heavy atom. The number of nitrogens with zero attached hydrogens (tertiary/aromatic N) is 5. The molecule has 2 aliphatic heterocycles. The lowest BCUT2D eigenvalue weighted by atomic mass is 10.1. The van der Waals surface area contributed by atoms with Crippen LogP contribution in [0.3, 0.4) is 0 Å². The highest BCUT2D eigenvalue weighted by molar-refractivity contribution is 7.87. The summed E-state index contributed by atoms with van der Waals surface area (Å²) >= 11 is 0. The Bertz CT molecular complexity index is 1280. The van der Waals surface area contributed by atoms with Crippen molar-refractivity contribution in [3.8, 4) is 0 Å². The van der Waals surface area contributed by atoms with Gasteiger partial charge in [0.1, 0.15) is 30.2 Å². The predicted octanol–water partition coefficient (Wildman–Crippen LogP) is -2.00. The SMILES string of the molecule is NCCOCCOCCCCCCN(C[C@H]1O[C@@H](n2cnc3c(N)ncnc32)[C@H](O)[C@@H]1O)S(=O)(=O)NC(=O)[C@@H]1CCCN1. The van der Waals surface area contributed by atoms with Gasteiger partial charge in [0, 0.05) is 26.2 Å². The van der Waals surface area contributed by atoms with Gasteiger partial charge in [-0.2, -0.15) is 12.7 Å². The van der Waals surface area contributed by atoms with Gasteiger partial charge in [0.15, 0.2) is 17.7 Å². The molecule has 2 aromatic heterocycles. The van der Waals surface area contributed by atoms with E-state index < -0.39 is 46.7 Å². The van der Waals surface area contributed by atoms with E-state index in [4.69, 9.17) is 25.7 Å². The monoisotopic (exact) mass is 629 g/mol. The maximum absolute atomic E-state index is 13.4. The van der Waals surface area contributed by atoms with Gasteiger partial charge in [0.2, 0.25) is 0 Å². The molecule has 4 rings (SSSR count). The lowest BCUT2D eigenvalue weighted by Gasteiger charge is -2.27. The first-order chi connectivity index (χ1) is 20.7. The number of unbranched alkanes of at least 4 members (excludes halogenated alkanes) is 3. The van der Waals surface area contributed by atoms with Crippen molar-refractivity contribution in [2.75, 3.05) is 58.3 Å². The number of nitrogens with two attached hydrogens (primary N) is 2. The predicted molar refractivity (Wildman–Crippen MR) is 154 cm³/mol. The van der Waals surface area contributed by atoms with Crippen LogP contribution in [0.25, 0.3) is 11.2 Å². The van der Waals surface area contributed by atoms with Gasteiger partial charge in [-0.25, -0.2) is 19.7 Å². The minimum absolute atomic E-state index is 0.0690. The molecule has 1 amide bonds. The fraction of sp³-hybridized carbons (Fsp3) is 0.760. The second-order valence-electron chi connectivity index (χ2n) is 10.5. The van der Waals surface area contributed by atoms with Crippen LogP contribution in [-0.2, 0) is 29.2 Å². The summed E-state index contributed by atoms with van der Waals surface area (Å²) in [5.41, 5.74) is 11.8. The van der Waals surface area contributed by atoms with Crippen LogP contribution in [0.15, 0.2) is 12.7 Å². The van der Waals surface area contributed by atoms with Crippen molar-refractivity contribution in [1.29, 1.82) is 0 Å². The van der Waals surface area contributed by atoms with Crippen LogP contribution in [0.5, 0.6) is 0 Å². The maximum atomic E-state index is 13.4. The Balaban J connectivity index is 1.36. The normalized spacial score (nSPS) is 24.3. The molecule has 43 heavy (non-hydrogen) atoms. The minimum atomic E-state index is -4.29. The van der Waals surface area contributed by atoms with E-state index in [0.717, 1.165) is 23.6 Å². The van der Waals surface area contributed by atoms with Gasteiger partial charge in [0.25, 0.3) is 5.91 Å². The molecule has 0 saturated carbocycles. The Morgan fingerprint density at radius 3 is 2.63 bits per heavy atom. The highest BCUT2D eigenvalue weighted by Crippen LogP contribution is 2.32. The number of aromatic nitrogens is 4. The van der Waals surface area contributed by atoms with E-state index in [2.05, 4.69) is 25.0 Å². The van der Waals surface area contributed by atoms with Gasteiger partial charge in [-0.15, -0.1) is 0 Å². The number of anilines is 1. The zero-order valence-electron chi connectivity index (χ0n) is 24.1. The summed E-state index contributed by atoms with van der Waals surface area (Å²) in [6.07, 6.45) is 1.64. The molecule has 17 nitrogen and oxygen atoms in total. The van der Waals surface area contributed by atoms with E-state index >= 15 is 0 Å². The molecule has 2 saturated heterocycles. The average Bonchev–Trinajstić information content (AvgIpc) is 3.72. The third kappa shape index (κ3) is 8.77. The number of imidazole rings is 1. The number of hydrogen-bond acceptors (Lipinski definition) is 14. The molecule has 2 aliphatic rings. The van der Waals surface area contributed by atoms with Crippen molar-refractivity contribution in [3.05, 3.63) is 12.7 Å². The maximum Gasteiger partial charge on any atom is 0.303 e. The van der Waals surface area contributed by atoms with Gasteiger partial charge in [-0.3, -0.25) is 9.36 Å². The van der Waals surface area contributed by atoms with Gasteiger partial charge < -0.3 is 41.2 Å². The number of nitrogens with one attached hydrogen (secondary N) is 2. The van der Waals surface area contributed by atoms with E-state index in [1.54, 1.807) is 0 Å². The molecule has 0 aromatic carbocycles. The first-order valence-corrected chi connectivity index (χ1v) is 16.0. The van der Waals surface area contributed by atoms with Gasteiger partial charge in [-0.1, -0.05) is 12.8 Å². The second-order valence-corrected chi connectivity index (χ2v) is 12.2. The number of aliphatic hydroxyl groups excluding tert-OH is 2. The number of nitrogen functional groups attached to an aromatic ring is 1. The number of fused-ring (bicyclic) bond motifs is 1. The molecule has 0 aliphatic carbocycles. The molecule has 8 N–H and O–H groups in total. The number of rotatable bonds is 18. The van der Waals surface area contributed by atoms with Crippen LogP contribution in [0.2, 0.25) is 0 Å². The van der Waals surface area contributed by atoms with Crippen LogP contribution < -0.4 is 21.5 Å². The fourth-order valence-corrected chi connectivity index (χ4v) is 6.34. The largest absolute Gasteiger partial charge is 0.387 e. The van der Waals surface area contributed by atoms with Crippen molar-refractivity contribution < 1.29 is 37.6 Å². The zero-order valence-corrected chi connectivity index (χ0v) is 24.9. The molecule has 0 bridgehead atoms. The molecule has 18 heteroatoms. The average molecular weight is 630 g/mol. The quantitative estimate of drug-likeness (QED) is 0.0977. The van der Waals surface area contributed by atoms with Crippen molar-refractivity contribution in [3.63, 3.8) is 0 Å². The van der Waals surface area contributed by atoms with Crippen LogP contribution >= 0.6 is 0 Å². The lowest BCUT2D eigenvalue weighted by Crippen LogP contribution is -2.52. The Kier molecular flexibility index (Phi) is 12.4. The number of carbonyl (C=O) groups is 1. The number of amides is 1. The zero-order chi connectivity index (χ0) is 30.8.